The predicted octanol–water partition coefficient (Wildman–Crippen LogP) is 3.11. The first-order chi connectivity index (χ1) is 11.2. The number of hydrogen-bond donors (Lipinski definition) is 2. The van der Waals surface area contributed by atoms with E-state index < -0.39 is 5.97 Å². The number of carboxylic acids is 1. The maximum atomic E-state index is 12.0. The van der Waals surface area contributed by atoms with E-state index in [2.05, 4.69) is 10.3 Å². The largest absolute Gasteiger partial charge is 0.481 e. The molecule has 0 saturated carbocycles. The van der Waals surface area contributed by atoms with E-state index in [4.69, 9.17) is 9.52 Å². The summed E-state index contributed by atoms with van der Waals surface area (Å²) in [6, 6.07) is 9.39. The van der Waals surface area contributed by atoms with Crippen molar-refractivity contribution < 1.29 is 19.1 Å². The highest BCUT2D eigenvalue weighted by atomic mass is 16.4. The number of carbonyl (C=O) groups excluding carboxylic acids is 1. The Kier molecular flexibility index (Phi) is 6.35. The third kappa shape index (κ3) is 5.58. The molecule has 0 radical (unpaired) electrons. The van der Waals surface area contributed by atoms with Gasteiger partial charge in [-0.05, 0) is 25.0 Å². The minimum Gasteiger partial charge on any atom is -0.481 e. The van der Waals surface area contributed by atoms with Crippen LogP contribution in [0.1, 0.15) is 42.6 Å². The summed E-state index contributed by atoms with van der Waals surface area (Å²) in [7, 11) is 0. The van der Waals surface area contributed by atoms with E-state index >= 15 is 0 Å². The van der Waals surface area contributed by atoms with Crippen LogP contribution in [0.25, 0.3) is 11.5 Å². The lowest BCUT2D eigenvalue weighted by molar-refractivity contribution is -0.137. The van der Waals surface area contributed by atoms with E-state index in [1.165, 1.54) is 6.26 Å². The van der Waals surface area contributed by atoms with E-state index in [1.807, 2.05) is 30.3 Å². The number of aromatic nitrogens is 1. The van der Waals surface area contributed by atoms with Gasteiger partial charge in [0.05, 0.1) is 0 Å². The van der Waals surface area contributed by atoms with Crippen molar-refractivity contribution in [3.05, 3.63) is 42.3 Å². The maximum Gasteiger partial charge on any atom is 0.303 e. The number of unbranched alkanes of at least 4 members (excludes halogenated alkanes) is 3. The molecule has 0 atom stereocenters. The van der Waals surface area contributed by atoms with Crippen molar-refractivity contribution in [3.8, 4) is 11.5 Å². The Hall–Kier alpha value is -2.63. The molecule has 2 N–H and O–H groups in total. The summed E-state index contributed by atoms with van der Waals surface area (Å²) in [6.07, 6.45) is 4.78. The van der Waals surface area contributed by atoms with Crippen molar-refractivity contribution in [2.45, 2.75) is 32.1 Å². The molecule has 2 aromatic rings. The van der Waals surface area contributed by atoms with Crippen LogP contribution >= 0.6 is 0 Å². The number of nitrogens with zero attached hydrogens (tertiary/aromatic N) is 1. The third-order valence-corrected chi connectivity index (χ3v) is 3.36. The van der Waals surface area contributed by atoms with Crippen molar-refractivity contribution in [1.82, 2.24) is 10.3 Å². The first-order valence-electron chi connectivity index (χ1n) is 7.68. The van der Waals surface area contributed by atoms with Crippen molar-refractivity contribution in [1.29, 1.82) is 0 Å². The molecule has 1 heterocycles. The second-order valence-electron chi connectivity index (χ2n) is 5.22. The van der Waals surface area contributed by atoms with Gasteiger partial charge in [-0.3, -0.25) is 9.59 Å². The molecule has 2 rings (SSSR count). The van der Waals surface area contributed by atoms with Crippen LogP contribution < -0.4 is 5.32 Å². The highest BCUT2D eigenvalue weighted by Crippen LogP contribution is 2.17. The lowest BCUT2D eigenvalue weighted by atomic mass is 10.1. The summed E-state index contributed by atoms with van der Waals surface area (Å²) >= 11 is 0. The average molecular weight is 316 g/mol. The van der Waals surface area contributed by atoms with Crippen molar-refractivity contribution in [2.75, 3.05) is 6.54 Å². The lowest BCUT2D eigenvalue weighted by Crippen LogP contribution is -2.24. The Morgan fingerprint density at radius 3 is 2.57 bits per heavy atom. The third-order valence-electron chi connectivity index (χ3n) is 3.36. The van der Waals surface area contributed by atoms with Gasteiger partial charge in [0.25, 0.3) is 5.91 Å². The second kappa shape index (κ2) is 8.73. The van der Waals surface area contributed by atoms with Crippen LogP contribution in [0.4, 0.5) is 0 Å². The van der Waals surface area contributed by atoms with E-state index in [9.17, 15) is 9.59 Å². The summed E-state index contributed by atoms with van der Waals surface area (Å²) in [5.74, 6) is -0.607. The van der Waals surface area contributed by atoms with Gasteiger partial charge in [-0.15, -0.1) is 0 Å². The minimum absolute atomic E-state index is 0.202. The number of carbonyl (C=O) groups is 2. The summed E-state index contributed by atoms with van der Waals surface area (Å²) in [6.45, 7) is 0.541. The monoisotopic (exact) mass is 316 g/mol. The molecule has 0 saturated heterocycles. The number of hydrogen-bond acceptors (Lipinski definition) is 4. The first-order valence-corrected chi connectivity index (χ1v) is 7.68. The molecule has 122 valence electrons. The van der Waals surface area contributed by atoms with Crippen LogP contribution in [0, 0.1) is 0 Å². The Bertz CT molecular complexity index is 637. The second-order valence-corrected chi connectivity index (χ2v) is 5.22. The van der Waals surface area contributed by atoms with Gasteiger partial charge in [0.15, 0.2) is 5.69 Å². The van der Waals surface area contributed by atoms with Gasteiger partial charge in [-0.25, -0.2) is 4.98 Å². The fourth-order valence-electron chi connectivity index (χ4n) is 2.14. The Balaban J connectivity index is 1.70. The number of oxazole rings is 1. The molecular weight excluding hydrogens is 296 g/mol. The van der Waals surface area contributed by atoms with Crippen LogP contribution in [0.3, 0.4) is 0 Å². The van der Waals surface area contributed by atoms with E-state index in [1.54, 1.807) is 0 Å². The summed E-state index contributed by atoms with van der Waals surface area (Å²) in [5, 5.41) is 11.3. The smallest absolute Gasteiger partial charge is 0.303 e. The van der Waals surface area contributed by atoms with Crippen LogP contribution in [0.5, 0.6) is 0 Å². The maximum absolute atomic E-state index is 12.0. The zero-order valence-corrected chi connectivity index (χ0v) is 12.8. The molecule has 23 heavy (non-hydrogen) atoms. The van der Waals surface area contributed by atoms with Crippen molar-refractivity contribution in [2.24, 2.45) is 0 Å². The summed E-state index contributed by atoms with van der Waals surface area (Å²) in [5.41, 5.74) is 1.08. The topological polar surface area (TPSA) is 92.4 Å². The van der Waals surface area contributed by atoms with Gasteiger partial charge in [0.2, 0.25) is 5.89 Å². The Morgan fingerprint density at radius 2 is 1.83 bits per heavy atom. The lowest BCUT2D eigenvalue weighted by Gasteiger charge is -2.02. The number of amides is 1. The molecule has 0 fully saturated rings. The molecule has 1 aromatic heterocycles. The fourth-order valence-corrected chi connectivity index (χ4v) is 2.14. The molecule has 6 heteroatoms. The van der Waals surface area contributed by atoms with Crippen LogP contribution in [0.2, 0.25) is 0 Å². The van der Waals surface area contributed by atoms with Gasteiger partial charge in [0.1, 0.15) is 6.26 Å². The molecule has 6 nitrogen and oxygen atoms in total. The number of rotatable bonds is 9. The van der Waals surface area contributed by atoms with E-state index in [-0.39, 0.29) is 18.0 Å². The quantitative estimate of drug-likeness (QED) is 0.693. The van der Waals surface area contributed by atoms with E-state index in [0.29, 0.717) is 18.9 Å². The molecule has 0 spiro atoms. The fraction of sp³-hybridized carbons (Fsp3) is 0.353. The number of aliphatic carboxylic acids is 1. The van der Waals surface area contributed by atoms with Crippen molar-refractivity contribution in [3.63, 3.8) is 0 Å². The number of benzene rings is 1. The molecular formula is C17H20N2O4. The Morgan fingerprint density at radius 1 is 1.09 bits per heavy atom. The molecule has 1 aromatic carbocycles. The molecule has 0 bridgehead atoms. The van der Waals surface area contributed by atoms with Crippen LogP contribution in [0.15, 0.2) is 41.0 Å². The minimum atomic E-state index is -0.765. The van der Waals surface area contributed by atoms with Crippen LogP contribution in [-0.4, -0.2) is 28.5 Å². The SMILES string of the molecule is O=C(O)CCCCCCNC(=O)c1coc(-c2ccccc2)n1. The number of nitrogens with one attached hydrogen (secondary N) is 1. The highest BCUT2D eigenvalue weighted by Gasteiger charge is 2.12. The average Bonchev–Trinajstić information content (AvgIpc) is 3.04. The zero-order valence-electron chi connectivity index (χ0n) is 12.8. The van der Waals surface area contributed by atoms with Crippen LogP contribution in [-0.2, 0) is 4.79 Å². The van der Waals surface area contributed by atoms with E-state index in [0.717, 1.165) is 24.8 Å². The van der Waals surface area contributed by atoms with Crippen molar-refractivity contribution >= 4 is 11.9 Å². The first kappa shape index (κ1) is 16.7. The van der Waals surface area contributed by atoms with Gasteiger partial charge < -0.3 is 14.8 Å². The highest BCUT2D eigenvalue weighted by molar-refractivity contribution is 5.92. The Labute approximate surface area is 134 Å². The van der Waals surface area contributed by atoms with Gasteiger partial charge in [-0.2, -0.15) is 0 Å². The molecule has 0 aliphatic heterocycles. The zero-order chi connectivity index (χ0) is 16.5. The number of carboxylic acid groups (broad SMARTS) is 1. The summed E-state index contributed by atoms with van der Waals surface area (Å²) < 4.78 is 5.33. The molecule has 0 aliphatic rings. The van der Waals surface area contributed by atoms with Gasteiger partial charge in [0, 0.05) is 18.5 Å². The van der Waals surface area contributed by atoms with Gasteiger partial charge in [-0.1, -0.05) is 31.0 Å². The standard InChI is InChI=1S/C17H20N2O4/c20-15(21)10-6-1-2-7-11-18-16(22)14-12-23-17(19-14)13-8-4-3-5-9-13/h3-5,8-9,12H,1-2,6-7,10-11H2,(H,18,22)(H,20,21). The molecule has 0 unspecified atom stereocenters. The summed E-state index contributed by atoms with van der Waals surface area (Å²) in [4.78, 5) is 26.5. The molecule has 0 aliphatic carbocycles. The normalized spacial score (nSPS) is 10.4. The predicted molar refractivity (Wildman–Crippen MR) is 85.0 cm³/mol. The van der Waals surface area contributed by atoms with Gasteiger partial charge >= 0.3 is 5.97 Å². The molecule has 1 amide bonds.